The number of rotatable bonds is 6. The lowest BCUT2D eigenvalue weighted by molar-refractivity contribution is 0.369. The molecule has 0 heterocycles. The molecule has 3 N–H and O–H groups in total. The maximum atomic E-state index is 11.4. The van der Waals surface area contributed by atoms with Gasteiger partial charge in [0.1, 0.15) is 0 Å². The molecule has 0 fully saturated rings. The van der Waals surface area contributed by atoms with Crippen LogP contribution in [0.2, 0.25) is 0 Å². The van der Waals surface area contributed by atoms with E-state index in [-0.39, 0.29) is 6.04 Å². The molecular formula is C7H19N3O2S. The van der Waals surface area contributed by atoms with Crippen molar-refractivity contribution in [1.29, 1.82) is 0 Å². The van der Waals surface area contributed by atoms with E-state index in [9.17, 15) is 8.42 Å². The topological polar surface area (TPSA) is 75.4 Å². The van der Waals surface area contributed by atoms with Crippen molar-refractivity contribution in [2.45, 2.75) is 26.3 Å². The van der Waals surface area contributed by atoms with E-state index >= 15 is 0 Å². The molecule has 0 amide bonds. The van der Waals surface area contributed by atoms with Gasteiger partial charge in [-0.3, -0.25) is 0 Å². The highest BCUT2D eigenvalue weighted by Crippen LogP contribution is 2.04. The maximum Gasteiger partial charge on any atom is 0.279 e. The normalized spacial score (nSPS) is 14.8. The molecule has 1 unspecified atom stereocenters. The van der Waals surface area contributed by atoms with E-state index in [4.69, 9.17) is 5.73 Å². The van der Waals surface area contributed by atoms with Gasteiger partial charge in [-0.25, -0.2) is 4.72 Å². The fourth-order valence-electron chi connectivity index (χ4n) is 0.944. The molecule has 5 nitrogen and oxygen atoms in total. The van der Waals surface area contributed by atoms with Crippen LogP contribution in [-0.2, 0) is 10.2 Å². The van der Waals surface area contributed by atoms with E-state index in [2.05, 4.69) is 4.72 Å². The molecule has 0 aliphatic heterocycles. The molecule has 0 aliphatic carbocycles. The van der Waals surface area contributed by atoms with Crippen molar-refractivity contribution in [2.75, 3.05) is 20.1 Å². The third-order valence-electron chi connectivity index (χ3n) is 1.91. The molecule has 0 aliphatic rings. The molecule has 6 heteroatoms. The maximum absolute atomic E-state index is 11.4. The van der Waals surface area contributed by atoms with Crippen LogP contribution in [0.1, 0.15) is 20.3 Å². The highest BCUT2D eigenvalue weighted by molar-refractivity contribution is 7.87. The Bertz CT molecular complexity index is 228. The Hall–Kier alpha value is -0.170. The number of hydrogen-bond acceptors (Lipinski definition) is 3. The summed E-state index contributed by atoms with van der Waals surface area (Å²) in [6, 6.07) is -0.0611. The Labute approximate surface area is 80.5 Å². The first-order valence-electron chi connectivity index (χ1n) is 4.38. The van der Waals surface area contributed by atoms with Crippen LogP contribution < -0.4 is 10.5 Å². The SMILES string of the molecule is CCNS(=O)(=O)N(C)C(C)CCN. The van der Waals surface area contributed by atoms with Gasteiger partial charge in [-0.1, -0.05) is 6.92 Å². The molecule has 0 spiro atoms. The Morgan fingerprint density at radius 1 is 1.54 bits per heavy atom. The molecule has 0 bridgehead atoms. The molecule has 1 atom stereocenters. The summed E-state index contributed by atoms with van der Waals surface area (Å²) in [4.78, 5) is 0. The molecule has 80 valence electrons. The zero-order chi connectivity index (χ0) is 10.5. The number of nitrogens with one attached hydrogen (secondary N) is 1. The summed E-state index contributed by atoms with van der Waals surface area (Å²) in [5.74, 6) is 0. The van der Waals surface area contributed by atoms with Gasteiger partial charge in [-0.05, 0) is 19.9 Å². The quantitative estimate of drug-likeness (QED) is 0.620. The zero-order valence-corrected chi connectivity index (χ0v) is 9.26. The van der Waals surface area contributed by atoms with Gasteiger partial charge in [0.2, 0.25) is 0 Å². The predicted molar refractivity (Wildman–Crippen MR) is 53.5 cm³/mol. The summed E-state index contributed by atoms with van der Waals surface area (Å²) < 4.78 is 26.6. The van der Waals surface area contributed by atoms with Crippen LogP contribution in [0, 0.1) is 0 Å². The lowest BCUT2D eigenvalue weighted by atomic mass is 10.2. The van der Waals surface area contributed by atoms with E-state index < -0.39 is 10.2 Å². The third-order valence-corrected chi connectivity index (χ3v) is 3.68. The Balaban J connectivity index is 4.31. The van der Waals surface area contributed by atoms with Crippen molar-refractivity contribution in [1.82, 2.24) is 9.03 Å². The Morgan fingerprint density at radius 2 is 2.08 bits per heavy atom. The second-order valence-corrected chi connectivity index (χ2v) is 4.76. The van der Waals surface area contributed by atoms with Gasteiger partial charge >= 0.3 is 0 Å². The summed E-state index contributed by atoms with van der Waals surface area (Å²) in [5, 5.41) is 0. The number of nitrogens with two attached hydrogens (primary N) is 1. The van der Waals surface area contributed by atoms with Crippen molar-refractivity contribution >= 4 is 10.2 Å². The predicted octanol–water partition coefficient (Wildman–Crippen LogP) is -0.490. The first kappa shape index (κ1) is 12.8. The van der Waals surface area contributed by atoms with E-state index in [0.717, 1.165) is 0 Å². The summed E-state index contributed by atoms with van der Waals surface area (Å²) >= 11 is 0. The van der Waals surface area contributed by atoms with Crippen LogP contribution >= 0.6 is 0 Å². The molecule has 0 aromatic heterocycles. The van der Waals surface area contributed by atoms with Gasteiger partial charge in [0.15, 0.2) is 0 Å². The largest absolute Gasteiger partial charge is 0.330 e. The van der Waals surface area contributed by atoms with E-state index in [1.807, 2.05) is 6.92 Å². The summed E-state index contributed by atoms with van der Waals surface area (Å²) in [7, 11) is -1.75. The molecule has 0 aromatic rings. The van der Waals surface area contributed by atoms with Crippen LogP contribution in [-0.4, -0.2) is 38.9 Å². The number of hydrogen-bond donors (Lipinski definition) is 2. The minimum Gasteiger partial charge on any atom is -0.330 e. The zero-order valence-electron chi connectivity index (χ0n) is 8.45. The van der Waals surface area contributed by atoms with Crippen molar-refractivity contribution in [3.63, 3.8) is 0 Å². The highest BCUT2D eigenvalue weighted by atomic mass is 32.2. The van der Waals surface area contributed by atoms with Crippen LogP contribution in [0.15, 0.2) is 0 Å². The van der Waals surface area contributed by atoms with Crippen LogP contribution in [0.25, 0.3) is 0 Å². The van der Waals surface area contributed by atoms with Crippen molar-refractivity contribution < 1.29 is 8.42 Å². The van der Waals surface area contributed by atoms with Gasteiger partial charge in [0, 0.05) is 19.6 Å². The second kappa shape index (κ2) is 5.54. The van der Waals surface area contributed by atoms with E-state index in [1.165, 1.54) is 4.31 Å². The van der Waals surface area contributed by atoms with E-state index in [1.54, 1.807) is 14.0 Å². The summed E-state index contributed by atoms with van der Waals surface area (Å²) in [6.07, 6.45) is 0.668. The lowest BCUT2D eigenvalue weighted by Crippen LogP contribution is -2.43. The average molecular weight is 209 g/mol. The fraction of sp³-hybridized carbons (Fsp3) is 1.00. The third kappa shape index (κ3) is 4.04. The van der Waals surface area contributed by atoms with Crippen LogP contribution in [0.5, 0.6) is 0 Å². The first-order chi connectivity index (χ1) is 5.95. The monoisotopic (exact) mass is 209 g/mol. The summed E-state index contributed by atoms with van der Waals surface area (Å²) in [6.45, 7) is 4.48. The Morgan fingerprint density at radius 3 is 2.46 bits per heavy atom. The van der Waals surface area contributed by atoms with Gasteiger partial charge < -0.3 is 5.73 Å². The van der Waals surface area contributed by atoms with Crippen molar-refractivity contribution in [2.24, 2.45) is 5.73 Å². The van der Waals surface area contributed by atoms with Gasteiger partial charge in [0.25, 0.3) is 10.2 Å². The smallest absolute Gasteiger partial charge is 0.279 e. The molecule has 0 rings (SSSR count). The van der Waals surface area contributed by atoms with Gasteiger partial charge in [0.05, 0.1) is 0 Å². The molecule has 0 saturated heterocycles. The summed E-state index contributed by atoms with van der Waals surface area (Å²) in [5.41, 5.74) is 5.34. The minimum atomic E-state index is -3.30. The van der Waals surface area contributed by atoms with Crippen molar-refractivity contribution in [3.05, 3.63) is 0 Å². The lowest BCUT2D eigenvalue weighted by Gasteiger charge is -2.23. The van der Waals surface area contributed by atoms with Gasteiger partial charge in [-0.2, -0.15) is 12.7 Å². The minimum absolute atomic E-state index is 0.0611. The van der Waals surface area contributed by atoms with Crippen molar-refractivity contribution in [3.8, 4) is 0 Å². The molecule has 0 saturated carbocycles. The number of nitrogens with zero attached hydrogens (tertiary/aromatic N) is 1. The Kier molecular flexibility index (Phi) is 5.46. The molecule has 0 aromatic carbocycles. The van der Waals surface area contributed by atoms with Crippen LogP contribution in [0.3, 0.4) is 0 Å². The second-order valence-electron chi connectivity index (χ2n) is 2.95. The van der Waals surface area contributed by atoms with Crippen LogP contribution in [0.4, 0.5) is 0 Å². The van der Waals surface area contributed by atoms with Gasteiger partial charge in [-0.15, -0.1) is 0 Å². The standard InChI is InChI=1S/C7H19N3O2S/c1-4-9-13(11,12)10(3)7(2)5-6-8/h7,9H,4-6,8H2,1-3H3. The molecule has 13 heavy (non-hydrogen) atoms. The molecular weight excluding hydrogens is 190 g/mol. The highest BCUT2D eigenvalue weighted by Gasteiger charge is 2.20. The van der Waals surface area contributed by atoms with E-state index in [0.29, 0.717) is 19.5 Å². The first-order valence-corrected chi connectivity index (χ1v) is 5.82. The average Bonchev–Trinajstić information content (AvgIpc) is 2.03. The fourth-order valence-corrected chi connectivity index (χ4v) is 2.09. The molecule has 0 radical (unpaired) electrons.